The molecule has 0 radical (unpaired) electrons. The molecule has 0 unspecified atom stereocenters. The zero-order chi connectivity index (χ0) is 38.0. The minimum Gasteiger partial charge on any atom is -0.461 e. The number of hydrogen-bond donors (Lipinski definition) is 3. The van der Waals surface area contributed by atoms with Crippen LogP contribution in [0.3, 0.4) is 0 Å². The number of halogens is 2. The van der Waals surface area contributed by atoms with E-state index in [9.17, 15) is 21.6 Å². The Morgan fingerprint density at radius 1 is 0.566 bits per heavy atom. The predicted octanol–water partition coefficient (Wildman–Crippen LogP) is 9.39. The highest BCUT2D eigenvalue weighted by Crippen LogP contribution is 2.26. The summed E-state index contributed by atoms with van der Waals surface area (Å²) in [4.78, 5) is 11.3. The molecule has 0 aliphatic heterocycles. The van der Waals surface area contributed by atoms with Crippen molar-refractivity contribution < 1.29 is 31.5 Å². The van der Waals surface area contributed by atoms with E-state index in [0.717, 1.165) is 31.2 Å². The number of rotatable bonds is 11. The van der Waals surface area contributed by atoms with Crippen LogP contribution < -0.4 is 9.44 Å². The van der Waals surface area contributed by atoms with E-state index in [1.54, 1.807) is 97.1 Å². The van der Waals surface area contributed by atoms with E-state index in [1.165, 1.54) is 6.92 Å². The van der Waals surface area contributed by atoms with E-state index in [0.29, 0.717) is 22.5 Å². The minimum atomic E-state index is -3.73. The van der Waals surface area contributed by atoms with Crippen LogP contribution in [0.5, 0.6) is 0 Å². The monoisotopic (exact) mass is 876 g/mol. The lowest BCUT2D eigenvalue weighted by atomic mass is 10.1. The Bertz CT molecular complexity index is 2390. The number of aliphatic hydroxyl groups excluding tert-OH is 1. The maximum Gasteiger partial charge on any atom is 0.302 e. The number of aliphatic hydroxyl groups is 1. The van der Waals surface area contributed by atoms with Crippen molar-refractivity contribution in [2.75, 3.05) is 9.44 Å². The van der Waals surface area contributed by atoms with Crippen LogP contribution >= 0.6 is 31.9 Å². The van der Waals surface area contributed by atoms with Crippen molar-refractivity contribution in [1.82, 2.24) is 0 Å². The Hall–Kier alpha value is -4.79. The van der Waals surface area contributed by atoms with Gasteiger partial charge in [0.25, 0.3) is 20.0 Å². The summed E-state index contributed by atoms with van der Waals surface area (Å²) in [5.41, 5.74) is 6.04. The number of ether oxygens (including phenoxy) is 1. The number of nitrogens with one attached hydrogen (secondary N) is 2. The maximum atomic E-state index is 12.7. The van der Waals surface area contributed by atoms with Crippen molar-refractivity contribution in [2.45, 2.75) is 29.9 Å². The SMILES string of the molecule is CC(=O)OCc1cccc(NS(=O)(=O)c2ccc(-c3ccc(Br)cc3)cc2)c1.O=S(=O)(Nc1cccc(CO)c1)c1ccc(-c2ccc(Br)cc2)cc1. The fourth-order valence-electron chi connectivity index (χ4n) is 5.01. The van der Waals surface area contributed by atoms with Gasteiger partial charge in [0.2, 0.25) is 0 Å². The van der Waals surface area contributed by atoms with Crippen molar-refractivity contribution in [3.63, 3.8) is 0 Å². The van der Waals surface area contributed by atoms with Crippen molar-refractivity contribution in [3.8, 4) is 22.3 Å². The van der Waals surface area contributed by atoms with E-state index >= 15 is 0 Å². The summed E-state index contributed by atoms with van der Waals surface area (Å²) in [7, 11) is -7.42. The average Bonchev–Trinajstić information content (AvgIpc) is 3.15. The van der Waals surface area contributed by atoms with Crippen LogP contribution in [0, 0.1) is 0 Å². The minimum absolute atomic E-state index is 0.0901. The van der Waals surface area contributed by atoms with Gasteiger partial charge < -0.3 is 9.84 Å². The lowest BCUT2D eigenvalue weighted by molar-refractivity contribution is -0.142. The first-order chi connectivity index (χ1) is 25.3. The topological polar surface area (TPSA) is 139 Å². The van der Waals surface area contributed by atoms with Gasteiger partial charge in [-0.3, -0.25) is 14.2 Å². The molecule has 9 nitrogen and oxygen atoms in total. The molecule has 3 N–H and O–H groups in total. The van der Waals surface area contributed by atoms with Gasteiger partial charge in [0.1, 0.15) is 6.61 Å². The fourth-order valence-corrected chi connectivity index (χ4v) is 7.64. The van der Waals surface area contributed by atoms with Gasteiger partial charge in [0.05, 0.1) is 16.4 Å². The Kier molecular flexibility index (Phi) is 13.3. The molecule has 6 aromatic carbocycles. The molecule has 0 amide bonds. The van der Waals surface area contributed by atoms with Gasteiger partial charge in [-0.2, -0.15) is 0 Å². The normalized spacial score (nSPS) is 11.2. The fraction of sp³-hybridized carbons (Fsp3) is 0.0750. The molecule has 0 aromatic heterocycles. The highest BCUT2D eigenvalue weighted by Gasteiger charge is 2.16. The van der Waals surface area contributed by atoms with Gasteiger partial charge >= 0.3 is 5.97 Å². The first kappa shape index (κ1) is 39.4. The molecule has 13 heteroatoms. The molecule has 0 heterocycles. The number of carbonyl (C=O) groups is 1. The maximum absolute atomic E-state index is 12.7. The summed E-state index contributed by atoms with van der Waals surface area (Å²) in [6.45, 7) is 1.27. The number of carbonyl (C=O) groups excluding carboxylic acids is 1. The molecule has 53 heavy (non-hydrogen) atoms. The molecule has 0 spiro atoms. The molecule has 0 saturated heterocycles. The molecule has 0 atom stereocenters. The van der Waals surface area contributed by atoms with E-state index in [1.807, 2.05) is 48.5 Å². The summed E-state index contributed by atoms with van der Waals surface area (Å²) in [6.07, 6.45) is 0. The van der Waals surface area contributed by atoms with Crippen LogP contribution in [-0.4, -0.2) is 27.9 Å². The van der Waals surface area contributed by atoms with Gasteiger partial charge in [0.15, 0.2) is 0 Å². The lowest BCUT2D eigenvalue weighted by Crippen LogP contribution is -2.13. The Morgan fingerprint density at radius 3 is 1.30 bits per heavy atom. The smallest absolute Gasteiger partial charge is 0.302 e. The van der Waals surface area contributed by atoms with Crippen LogP contribution in [0.4, 0.5) is 11.4 Å². The van der Waals surface area contributed by atoms with Crippen molar-refractivity contribution in [2.24, 2.45) is 0 Å². The van der Waals surface area contributed by atoms with Gasteiger partial charge in [-0.25, -0.2) is 16.8 Å². The third kappa shape index (κ3) is 11.3. The summed E-state index contributed by atoms with van der Waals surface area (Å²) < 4.78 is 62.4. The number of sulfonamides is 2. The van der Waals surface area contributed by atoms with Crippen LogP contribution in [0.25, 0.3) is 22.3 Å². The summed E-state index contributed by atoms with van der Waals surface area (Å²) >= 11 is 6.79. The van der Waals surface area contributed by atoms with Gasteiger partial charge in [-0.15, -0.1) is 0 Å². The number of anilines is 2. The van der Waals surface area contributed by atoms with Crippen molar-refractivity contribution in [3.05, 3.63) is 166 Å². The number of benzene rings is 6. The molecular formula is C40H34Br2N2O7S2. The molecular weight excluding hydrogens is 844 g/mol. The van der Waals surface area contributed by atoms with Crippen LogP contribution in [0.2, 0.25) is 0 Å². The summed E-state index contributed by atoms with van der Waals surface area (Å²) in [5.74, 6) is -0.392. The average molecular weight is 879 g/mol. The third-order valence-electron chi connectivity index (χ3n) is 7.67. The van der Waals surface area contributed by atoms with E-state index in [2.05, 4.69) is 41.3 Å². The largest absolute Gasteiger partial charge is 0.461 e. The van der Waals surface area contributed by atoms with Crippen LogP contribution in [0.15, 0.2) is 164 Å². The summed E-state index contributed by atoms with van der Waals surface area (Å²) in [6, 6.07) is 42.4. The summed E-state index contributed by atoms with van der Waals surface area (Å²) in [5, 5.41) is 9.15. The highest BCUT2D eigenvalue weighted by molar-refractivity contribution is 9.10. The standard InChI is InChI=1S/C21H18BrNO4S.C19H16BrNO3S/c1-15(24)27-14-16-3-2-4-20(13-16)23-28(25,26)21-11-7-18(8-12-21)17-5-9-19(22)10-6-17;20-17-8-4-15(5-9-17)16-6-10-19(11-7-16)25(23,24)21-18-3-1-2-14(12-18)13-22/h2-13,23H,14H2,1H3;1-12,21-22H,13H2. The second kappa shape index (κ2) is 17.8. The molecule has 6 rings (SSSR count). The second-order valence-corrected chi connectivity index (χ2v) is 16.8. The lowest BCUT2D eigenvalue weighted by Gasteiger charge is -2.10. The predicted molar refractivity (Wildman–Crippen MR) is 215 cm³/mol. The number of hydrogen-bond acceptors (Lipinski definition) is 7. The number of esters is 1. The molecule has 0 bridgehead atoms. The van der Waals surface area contributed by atoms with Crippen LogP contribution in [0.1, 0.15) is 18.1 Å². The third-order valence-corrected chi connectivity index (χ3v) is 11.5. The highest BCUT2D eigenvalue weighted by atomic mass is 79.9. The van der Waals surface area contributed by atoms with Gasteiger partial charge in [-0.1, -0.05) is 105 Å². The van der Waals surface area contributed by atoms with Crippen molar-refractivity contribution in [1.29, 1.82) is 0 Å². The Morgan fingerprint density at radius 2 is 0.925 bits per heavy atom. The van der Waals surface area contributed by atoms with Gasteiger partial charge in [0, 0.05) is 27.2 Å². The van der Waals surface area contributed by atoms with E-state index < -0.39 is 26.0 Å². The first-order valence-corrected chi connectivity index (χ1v) is 20.6. The molecule has 6 aromatic rings. The molecule has 0 fully saturated rings. The Balaban J connectivity index is 0.000000206. The van der Waals surface area contributed by atoms with Crippen molar-refractivity contribution >= 4 is 69.3 Å². The second-order valence-electron chi connectivity index (χ2n) is 11.6. The van der Waals surface area contributed by atoms with Gasteiger partial charge in [-0.05, 0) is 106 Å². The molecule has 0 saturated carbocycles. The molecule has 272 valence electrons. The first-order valence-electron chi connectivity index (χ1n) is 16.0. The molecule has 0 aliphatic carbocycles. The zero-order valence-corrected chi connectivity index (χ0v) is 33.0. The van der Waals surface area contributed by atoms with E-state index in [-0.39, 0.29) is 23.0 Å². The Labute approximate surface area is 326 Å². The molecule has 0 aliphatic rings. The van der Waals surface area contributed by atoms with Crippen LogP contribution in [-0.2, 0) is 42.8 Å². The van der Waals surface area contributed by atoms with E-state index in [4.69, 9.17) is 9.84 Å². The zero-order valence-electron chi connectivity index (χ0n) is 28.2. The quantitative estimate of drug-likeness (QED) is 0.110.